The highest BCUT2D eigenvalue weighted by atomic mass is 35.5. The molecular formula is C21H24ClN5O2S. The molecule has 0 aliphatic carbocycles. The molecule has 1 saturated heterocycles. The van der Waals surface area contributed by atoms with Crippen LogP contribution < -0.4 is 5.32 Å². The van der Waals surface area contributed by atoms with E-state index in [2.05, 4.69) is 25.3 Å². The number of likely N-dealkylation sites (tertiary alicyclic amines) is 1. The summed E-state index contributed by atoms with van der Waals surface area (Å²) in [5.74, 6) is 0.993. The first-order valence-corrected chi connectivity index (χ1v) is 11.5. The van der Waals surface area contributed by atoms with Gasteiger partial charge in [-0.1, -0.05) is 23.2 Å². The molecule has 0 unspecified atom stereocenters. The molecule has 0 spiro atoms. The van der Waals surface area contributed by atoms with Gasteiger partial charge >= 0.3 is 0 Å². The minimum Gasteiger partial charge on any atom is -0.339 e. The van der Waals surface area contributed by atoms with Gasteiger partial charge in [0.15, 0.2) is 5.13 Å². The molecule has 0 bridgehead atoms. The largest absolute Gasteiger partial charge is 0.339 e. The zero-order valence-electron chi connectivity index (χ0n) is 16.6. The zero-order valence-corrected chi connectivity index (χ0v) is 18.2. The Morgan fingerprint density at radius 2 is 1.97 bits per heavy atom. The summed E-state index contributed by atoms with van der Waals surface area (Å²) in [6.07, 6.45) is 5.39. The van der Waals surface area contributed by atoms with Gasteiger partial charge in [0.1, 0.15) is 0 Å². The van der Waals surface area contributed by atoms with Crippen LogP contribution in [-0.2, 0) is 17.8 Å². The molecule has 1 N–H and O–H groups in total. The van der Waals surface area contributed by atoms with Gasteiger partial charge in [0.2, 0.25) is 17.6 Å². The van der Waals surface area contributed by atoms with Crippen molar-refractivity contribution in [1.82, 2.24) is 20.0 Å². The van der Waals surface area contributed by atoms with Crippen LogP contribution in [-0.4, -0.2) is 39.0 Å². The number of amides is 1. The molecule has 30 heavy (non-hydrogen) atoms. The topological polar surface area (TPSA) is 84.1 Å². The minimum absolute atomic E-state index is 0.0497. The molecule has 7 nitrogen and oxygen atoms in total. The van der Waals surface area contributed by atoms with E-state index in [9.17, 15) is 4.79 Å². The number of nitrogens with zero attached hydrogens (tertiary/aromatic N) is 4. The van der Waals surface area contributed by atoms with E-state index in [0.29, 0.717) is 41.1 Å². The van der Waals surface area contributed by atoms with Crippen molar-refractivity contribution in [3.63, 3.8) is 0 Å². The number of piperidine rings is 1. The van der Waals surface area contributed by atoms with Gasteiger partial charge < -0.3 is 9.84 Å². The first-order chi connectivity index (χ1) is 14.7. The SMILES string of the molecule is O=C(CCCc1nc(-c2ccc(Cl)cc2)no1)Nc1nc(CN2CCCCC2)cs1. The van der Waals surface area contributed by atoms with Crippen molar-refractivity contribution in [2.45, 2.75) is 45.1 Å². The molecule has 3 heterocycles. The fourth-order valence-corrected chi connectivity index (χ4v) is 4.28. The molecule has 0 saturated carbocycles. The van der Waals surface area contributed by atoms with Gasteiger partial charge in [0.05, 0.1) is 5.69 Å². The van der Waals surface area contributed by atoms with E-state index in [-0.39, 0.29) is 5.91 Å². The molecule has 2 aromatic heterocycles. The number of benzene rings is 1. The van der Waals surface area contributed by atoms with Gasteiger partial charge in [-0.25, -0.2) is 4.98 Å². The molecule has 4 rings (SSSR count). The molecule has 0 atom stereocenters. The summed E-state index contributed by atoms with van der Waals surface area (Å²) in [4.78, 5) is 23.6. The highest BCUT2D eigenvalue weighted by Crippen LogP contribution is 2.20. The Labute approximate surface area is 184 Å². The van der Waals surface area contributed by atoms with Crippen LogP contribution >= 0.6 is 22.9 Å². The van der Waals surface area contributed by atoms with Crippen LogP contribution in [0, 0.1) is 0 Å². The van der Waals surface area contributed by atoms with Crippen LogP contribution in [0.2, 0.25) is 5.02 Å². The van der Waals surface area contributed by atoms with E-state index < -0.39 is 0 Å². The number of carbonyl (C=O) groups excluding carboxylic acids is 1. The summed E-state index contributed by atoms with van der Waals surface area (Å²) >= 11 is 7.38. The monoisotopic (exact) mass is 445 g/mol. The number of hydrogen-bond acceptors (Lipinski definition) is 7. The second-order valence-corrected chi connectivity index (χ2v) is 8.70. The standard InChI is InChI=1S/C21H24ClN5O2S/c22-16-9-7-15(8-10-16)20-25-19(29-26-20)6-4-5-18(28)24-21-23-17(14-30-21)13-27-11-2-1-3-12-27/h7-10,14H,1-6,11-13H2,(H,23,24,28). The minimum atomic E-state index is -0.0497. The Hall–Kier alpha value is -2.29. The molecule has 9 heteroatoms. The lowest BCUT2D eigenvalue weighted by molar-refractivity contribution is -0.116. The summed E-state index contributed by atoms with van der Waals surface area (Å²) in [5, 5.41) is 10.2. The summed E-state index contributed by atoms with van der Waals surface area (Å²) in [6, 6.07) is 7.26. The normalized spacial score (nSPS) is 14.7. The Kier molecular flexibility index (Phi) is 7.09. The smallest absolute Gasteiger partial charge is 0.226 e. The number of nitrogens with one attached hydrogen (secondary N) is 1. The first-order valence-electron chi connectivity index (χ1n) is 10.2. The van der Waals surface area contributed by atoms with Crippen LogP contribution in [0.5, 0.6) is 0 Å². The fraction of sp³-hybridized carbons (Fsp3) is 0.429. The van der Waals surface area contributed by atoms with Crippen molar-refractivity contribution < 1.29 is 9.32 Å². The lowest BCUT2D eigenvalue weighted by Gasteiger charge is -2.25. The summed E-state index contributed by atoms with van der Waals surface area (Å²) < 4.78 is 5.28. The predicted octanol–water partition coefficient (Wildman–Crippen LogP) is 4.79. The maximum absolute atomic E-state index is 12.2. The van der Waals surface area contributed by atoms with Crippen molar-refractivity contribution in [3.05, 3.63) is 46.3 Å². The maximum atomic E-state index is 12.2. The first kappa shape index (κ1) is 21.0. The lowest BCUT2D eigenvalue weighted by atomic mass is 10.1. The predicted molar refractivity (Wildman–Crippen MR) is 118 cm³/mol. The third-order valence-corrected chi connectivity index (χ3v) is 6.06. The summed E-state index contributed by atoms with van der Waals surface area (Å²) in [7, 11) is 0. The van der Waals surface area contributed by atoms with Crippen LogP contribution in [0.3, 0.4) is 0 Å². The lowest BCUT2D eigenvalue weighted by Crippen LogP contribution is -2.29. The van der Waals surface area contributed by atoms with Gasteiger partial charge in [-0.15, -0.1) is 11.3 Å². The molecule has 1 aliphatic heterocycles. The molecular weight excluding hydrogens is 422 g/mol. The summed E-state index contributed by atoms with van der Waals surface area (Å²) in [6.45, 7) is 3.13. The quantitative estimate of drug-likeness (QED) is 0.536. The zero-order chi connectivity index (χ0) is 20.8. The van der Waals surface area contributed by atoms with Crippen molar-refractivity contribution >= 4 is 34.0 Å². The van der Waals surface area contributed by atoms with Gasteiger partial charge in [-0.05, 0) is 56.6 Å². The van der Waals surface area contributed by atoms with Gasteiger partial charge in [-0.3, -0.25) is 9.69 Å². The van der Waals surface area contributed by atoms with Gasteiger partial charge in [0, 0.05) is 35.4 Å². The average Bonchev–Trinajstić information content (AvgIpc) is 3.39. The van der Waals surface area contributed by atoms with E-state index in [1.54, 1.807) is 12.1 Å². The third kappa shape index (κ3) is 5.87. The second kappa shape index (κ2) is 10.1. The van der Waals surface area contributed by atoms with Crippen molar-refractivity contribution in [2.75, 3.05) is 18.4 Å². The highest BCUT2D eigenvalue weighted by Gasteiger charge is 2.14. The Morgan fingerprint density at radius 3 is 2.77 bits per heavy atom. The molecule has 1 aliphatic rings. The molecule has 3 aromatic rings. The van der Waals surface area contributed by atoms with E-state index in [0.717, 1.165) is 30.9 Å². The Morgan fingerprint density at radius 1 is 1.17 bits per heavy atom. The number of hydrogen-bond donors (Lipinski definition) is 1. The average molecular weight is 446 g/mol. The van der Waals surface area contributed by atoms with Crippen molar-refractivity contribution in [3.8, 4) is 11.4 Å². The van der Waals surface area contributed by atoms with Crippen LogP contribution in [0.25, 0.3) is 11.4 Å². The summed E-state index contributed by atoms with van der Waals surface area (Å²) in [5.41, 5.74) is 1.87. The van der Waals surface area contributed by atoms with E-state index in [1.165, 1.54) is 30.6 Å². The van der Waals surface area contributed by atoms with Crippen LogP contribution in [0.15, 0.2) is 34.2 Å². The van der Waals surface area contributed by atoms with Crippen LogP contribution in [0.4, 0.5) is 5.13 Å². The van der Waals surface area contributed by atoms with Crippen molar-refractivity contribution in [1.29, 1.82) is 0 Å². The number of aryl methyl sites for hydroxylation is 1. The van der Waals surface area contributed by atoms with E-state index >= 15 is 0 Å². The van der Waals surface area contributed by atoms with Crippen molar-refractivity contribution in [2.24, 2.45) is 0 Å². The number of halogens is 1. The number of rotatable bonds is 8. The maximum Gasteiger partial charge on any atom is 0.226 e. The second-order valence-electron chi connectivity index (χ2n) is 7.40. The fourth-order valence-electron chi connectivity index (χ4n) is 3.44. The van der Waals surface area contributed by atoms with Crippen LogP contribution in [0.1, 0.15) is 43.7 Å². The highest BCUT2D eigenvalue weighted by molar-refractivity contribution is 7.13. The van der Waals surface area contributed by atoms with Gasteiger partial charge in [-0.2, -0.15) is 4.98 Å². The molecule has 1 aromatic carbocycles. The number of carbonyl (C=O) groups is 1. The molecule has 0 radical (unpaired) electrons. The van der Waals surface area contributed by atoms with E-state index in [4.69, 9.17) is 16.1 Å². The van der Waals surface area contributed by atoms with Gasteiger partial charge in [0.25, 0.3) is 0 Å². The molecule has 1 fully saturated rings. The Balaban J connectivity index is 1.20. The Bertz CT molecular complexity index is 966. The van der Waals surface area contributed by atoms with E-state index in [1.807, 2.05) is 17.5 Å². The number of thiazole rings is 1. The molecule has 158 valence electrons. The number of aromatic nitrogens is 3. The molecule has 1 amide bonds. The third-order valence-electron chi connectivity index (χ3n) is 5.00. The number of anilines is 1.